The predicted octanol–water partition coefficient (Wildman–Crippen LogP) is 4.59. The number of nitrogens with zero attached hydrogens (tertiary/aromatic N) is 4. The average molecular weight is 529 g/mol. The zero-order valence-electron chi connectivity index (χ0n) is 21.8. The number of rotatable bonds is 10. The molecular formula is C27H37FN6O2S. The molecule has 0 spiro atoms. The zero-order chi connectivity index (χ0) is 26.6. The minimum atomic E-state index is -3.61. The Kier molecular flexibility index (Phi) is 8.51. The summed E-state index contributed by atoms with van der Waals surface area (Å²) in [6.45, 7) is 8.14. The van der Waals surface area contributed by atoms with Crippen molar-refractivity contribution in [2.75, 3.05) is 24.5 Å². The van der Waals surface area contributed by atoms with Crippen LogP contribution < -0.4 is 15.5 Å². The van der Waals surface area contributed by atoms with Gasteiger partial charge in [-0.2, -0.15) is 5.10 Å². The van der Waals surface area contributed by atoms with Crippen molar-refractivity contribution in [1.82, 2.24) is 19.5 Å². The highest BCUT2D eigenvalue weighted by molar-refractivity contribution is 7.93. The van der Waals surface area contributed by atoms with E-state index in [9.17, 15) is 12.8 Å². The molecule has 2 heterocycles. The van der Waals surface area contributed by atoms with Crippen molar-refractivity contribution >= 4 is 26.6 Å². The van der Waals surface area contributed by atoms with E-state index < -0.39 is 10.0 Å². The van der Waals surface area contributed by atoms with E-state index in [1.165, 1.54) is 17.1 Å². The number of aryl methyl sites for hydroxylation is 1. The molecule has 0 atom stereocenters. The van der Waals surface area contributed by atoms with E-state index in [-0.39, 0.29) is 11.9 Å². The van der Waals surface area contributed by atoms with Gasteiger partial charge in [-0.1, -0.05) is 20.3 Å². The van der Waals surface area contributed by atoms with E-state index in [2.05, 4.69) is 33.8 Å². The number of hydrogen-bond acceptors (Lipinski definition) is 6. The molecule has 10 heteroatoms. The summed E-state index contributed by atoms with van der Waals surface area (Å²) in [5.41, 5.74) is 4.00. The number of anilines is 1. The van der Waals surface area contributed by atoms with Crippen molar-refractivity contribution in [3.63, 3.8) is 0 Å². The molecule has 1 fully saturated rings. The maximum absolute atomic E-state index is 13.4. The van der Waals surface area contributed by atoms with Gasteiger partial charge in [-0.25, -0.2) is 28.1 Å². The third kappa shape index (κ3) is 6.31. The lowest BCUT2D eigenvalue weighted by molar-refractivity contribution is 0.390. The summed E-state index contributed by atoms with van der Waals surface area (Å²) in [7, 11) is -3.61. The van der Waals surface area contributed by atoms with Crippen LogP contribution in [0.3, 0.4) is 0 Å². The van der Waals surface area contributed by atoms with Crippen LogP contribution in [0.15, 0.2) is 53.7 Å². The summed E-state index contributed by atoms with van der Waals surface area (Å²) < 4.78 is 44.3. The van der Waals surface area contributed by atoms with Crippen molar-refractivity contribution in [3.05, 3.63) is 65.1 Å². The van der Waals surface area contributed by atoms with Crippen LogP contribution in [0.5, 0.6) is 0 Å². The number of halogens is 1. The van der Waals surface area contributed by atoms with Gasteiger partial charge in [-0.3, -0.25) is 0 Å². The first-order chi connectivity index (χ1) is 17.7. The number of aromatic nitrogens is 2. The first-order valence-corrected chi connectivity index (χ1v) is 14.4. The Labute approximate surface area is 218 Å². The number of hydrazine groups is 1. The number of sulfonamides is 1. The highest BCUT2D eigenvalue weighted by Crippen LogP contribution is 2.30. The molecule has 3 N–H and O–H groups in total. The molecule has 200 valence electrons. The number of hydrogen-bond donors (Lipinski definition) is 2. The molecule has 1 aliphatic rings. The van der Waals surface area contributed by atoms with Crippen molar-refractivity contribution in [2.24, 2.45) is 5.84 Å². The summed E-state index contributed by atoms with van der Waals surface area (Å²) in [6.07, 6.45) is 6.84. The third-order valence-electron chi connectivity index (χ3n) is 6.75. The molecule has 0 aliphatic carbocycles. The molecule has 8 nitrogen and oxygen atoms in total. The van der Waals surface area contributed by atoms with Crippen molar-refractivity contribution in [1.29, 1.82) is 0 Å². The Bertz CT molecular complexity index is 1350. The zero-order valence-corrected chi connectivity index (χ0v) is 22.6. The fourth-order valence-corrected chi connectivity index (χ4v) is 6.42. The average Bonchev–Trinajstić information content (AvgIpc) is 3.27. The van der Waals surface area contributed by atoms with E-state index in [1.54, 1.807) is 18.3 Å². The van der Waals surface area contributed by atoms with Crippen molar-refractivity contribution in [3.8, 4) is 5.69 Å². The van der Waals surface area contributed by atoms with Crippen LogP contribution in [0.25, 0.3) is 16.6 Å². The summed E-state index contributed by atoms with van der Waals surface area (Å²) in [5.74, 6) is 5.68. The Morgan fingerprint density at radius 1 is 1.19 bits per heavy atom. The molecule has 0 bridgehead atoms. The molecule has 0 radical (unpaired) electrons. The van der Waals surface area contributed by atoms with Gasteiger partial charge in [0.25, 0.3) is 0 Å². The van der Waals surface area contributed by atoms with E-state index >= 15 is 0 Å². The minimum absolute atomic E-state index is 0.121. The van der Waals surface area contributed by atoms with Gasteiger partial charge in [0, 0.05) is 42.9 Å². The minimum Gasteiger partial charge on any atom is -0.371 e. The lowest BCUT2D eigenvalue weighted by Gasteiger charge is -2.35. The highest BCUT2D eigenvalue weighted by atomic mass is 32.2. The van der Waals surface area contributed by atoms with Gasteiger partial charge < -0.3 is 9.91 Å². The second kappa shape index (κ2) is 11.6. The van der Waals surface area contributed by atoms with Crippen LogP contribution in [0.2, 0.25) is 0 Å². The fourth-order valence-electron chi connectivity index (χ4n) is 4.85. The second-order valence-electron chi connectivity index (χ2n) is 9.70. The van der Waals surface area contributed by atoms with Gasteiger partial charge in [0.15, 0.2) is 0 Å². The lowest BCUT2D eigenvalue weighted by Crippen LogP contribution is -2.45. The fraction of sp³-hybridized carbons (Fsp3) is 0.444. The van der Waals surface area contributed by atoms with Crippen LogP contribution in [-0.4, -0.2) is 48.9 Å². The van der Waals surface area contributed by atoms with Crippen LogP contribution >= 0.6 is 0 Å². The molecule has 1 saturated heterocycles. The molecule has 3 aromatic rings. The van der Waals surface area contributed by atoms with Crippen LogP contribution in [0, 0.1) is 12.7 Å². The van der Waals surface area contributed by atoms with Gasteiger partial charge in [0.2, 0.25) is 10.0 Å². The normalized spacial score (nSPS) is 15.5. The molecule has 1 aromatic heterocycles. The molecule has 0 amide bonds. The van der Waals surface area contributed by atoms with E-state index in [1.807, 2.05) is 24.7 Å². The molecule has 37 heavy (non-hydrogen) atoms. The van der Waals surface area contributed by atoms with Crippen LogP contribution in [0.4, 0.5) is 10.1 Å². The van der Waals surface area contributed by atoms with Gasteiger partial charge in [0.05, 0.1) is 22.3 Å². The Balaban J connectivity index is 1.45. The summed E-state index contributed by atoms with van der Waals surface area (Å²) in [4.78, 5) is 2.65. The van der Waals surface area contributed by atoms with E-state index in [4.69, 9.17) is 5.84 Å². The van der Waals surface area contributed by atoms with Crippen LogP contribution in [-0.2, 0) is 10.0 Å². The predicted molar refractivity (Wildman–Crippen MR) is 147 cm³/mol. The topological polar surface area (TPSA) is 96.5 Å². The number of benzene rings is 2. The number of piperidine rings is 1. The Morgan fingerprint density at radius 2 is 1.89 bits per heavy atom. The lowest BCUT2D eigenvalue weighted by atomic mass is 10.0. The first-order valence-electron chi connectivity index (χ1n) is 13.0. The molecule has 0 unspecified atom stereocenters. The summed E-state index contributed by atoms with van der Waals surface area (Å²) >= 11 is 0. The summed E-state index contributed by atoms with van der Waals surface area (Å²) in [6, 6.07) is 10.4. The number of nitrogens with two attached hydrogens (primary N) is 1. The molecule has 2 aromatic carbocycles. The number of nitrogens with one attached hydrogen (secondary N) is 1. The quantitative estimate of drug-likeness (QED) is 0.295. The standard InChI is InChI=1S/C27H37FN6O2S/c1-4-6-25(19-33(29)13-5-2)37(35,36)31-23-11-14-32(15-12-23)26-17-21-18-30-34(27(21)16-20(26)3)24-9-7-22(28)8-10-24/h7-10,16-19,23,31H,4-6,11-15,29H2,1-3H3/b25-19+. The maximum atomic E-state index is 13.4. The van der Waals surface area contributed by atoms with Crippen molar-refractivity contribution in [2.45, 2.75) is 58.9 Å². The van der Waals surface area contributed by atoms with Gasteiger partial charge in [-0.15, -0.1) is 0 Å². The third-order valence-corrected chi connectivity index (χ3v) is 8.39. The van der Waals surface area contributed by atoms with Gasteiger partial charge in [0.1, 0.15) is 5.82 Å². The smallest absolute Gasteiger partial charge is 0.238 e. The molecular weight excluding hydrogens is 491 g/mol. The van der Waals surface area contributed by atoms with Gasteiger partial charge in [-0.05, 0) is 74.6 Å². The van der Waals surface area contributed by atoms with Crippen LogP contribution in [0.1, 0.15) is 51.5 Å². The van der Waals surface area contributed by atoms with Crippen molar-refractivity contribution < 1.29 is 12.8 Å². The van der Waals surface area contributed by atoms with Gasteiger partial charge >= 0.3 is 0 Å². The number of fused-ring (bicyclic) bond motifs is 1. The maximum Gasteiger partial charge on any atom is 0.238 e. The van der Waals surface area contributed by atoms with E-state index in [0.717, 1.165) is 53.8 Å². The van der Waals surface area contributed by atoms with E-state index in [0.29, 0.717) is 30.7 Å². The highest BCUT2D eigenvalue weighted by Gasteiger charge is 2.27. The number of allylic oxidation sites excluding steroid dienone is 1. The molecule has 0 saturated carbocycles. The monoisotopic (exact) mass is 528 g/mol. The Hall–Kier alpha value is -2.95. The first kappa shape index (κ1) is 27.1. The Morgan fingerprint density at radius 3 is 2.54 bits per heavy atom. The second-order valence-corrected chi connectivity index (χ2v) is 11.5. The summed E-state index contributed by atoms with van der Waals surface area (Å²) in [5, 5.41) is 6.98. The largest absolute Gasteiger partial charge is 0.371 e. The molecule has 1 aliphatic heterocycles. The SMILES string of the molecule is CCC/C(=C\N(N)CCC)S(=O)(=O)NC1CCN(c2cc3cnn(-c4ccc(F)cc4)c3cc2C)CC1. The molecule has 4 rings (SSSR count).